The molecule has 2 aromatic carbocycles. The Morgan fingerprint density at radius 2 is 1.59 bits per heavy atom. The van der Waals surface area contributed by atoms with Crippen molar-refractivity contribution in [1.29, 1.82) is 0 Å². The summed E-state index contributed by atoms with van der Waals surface area (Å²) in [5.41, 5.74) is 19.9. The van der Waals surface area contributed by atoms with Gasteiger partial charge in [-0.25, -0.2) is 4.98 Å². The molecular formula is C51H69N11O8. The van der Waals surface area contributed by atoms with Gasteiger partial charge in [0.2, 0.25) is 29.5 Å². The lowest BCUT2D eigenvalue weighted by Crippen LogP contribution is -2.57. The highest BCUT2D eigenvalue weighted by molar-refractivity contribution is 5.98. The first-order chi connectivity index (χ1) is 33.7. The predicted molar refractivity (Wildman–Crippen MR) is 264 cm³/mol. The summed E-state index contributed by atoms with van der Waals surface area (Å²) in [6, 6.07) is 12.9. The highest BCUT2D eigenvalue weighted by Gasteiger charge is 2.35. The Labute approximate surface area is 408 Å². The van der Waals surface area contributed by atoms with Gasteiger partial charge < -0.3 is 48.4 Å². The third-order valence-electron chi connectivity index (χ3n) is 12.8. The number of hydrogen-bond donors (Lipinski definition) is 9. The van der Waals surface area contributed by atoms with Gasteiger partial charge in [-0.3, -0.25) is 43.3 Å². The normalized spacial score (nSPS) is 20.5. The van der Waals surface area contributed by atoms with Crippen molar-refractivity contribution < 1.29 is 38.4 Å². The van der Waals surface area contributed by atoms with E-state index >= 15 is 0 Å². The molecule has 1 aliphatic rings. The van der Waals surface area contributed by atoms with Gasteiger partial charge in [0.05, 0.1) is 12.4 Å². The summed E-state index contributed by atoms with van der Waals surface area (Å²) in [5.74, 6) is -7.32. The summed E-state index contributed by atoms with van der Waals surface area (Å²) in [4.78, 5) is 126. The van der Waals surface area contributed by atoms with Crippen LogP contribution in [0.25, 0.3) is 10.9 Å². The van der Waals surface area contributed by atoms with E-state index in [4.69, 9.17) is 17.2 Å². The first kappa shape index (κ1) is 53.8. The number of aromatic amines is 2. The van der Waals surface area contributed by atoms with Crippen LogP contribution in [0.4, 0.5) is 0 Å². The second kappa shape index (κ2) is 27.7. The van der Waals surface area contributed by atoms with Gasteiger partial charge >= 0.3 is 0 Å². The maximum atomic E-state index is 14.7. The summed E-state index contributed by atoms with van der Waals surface area (Å²) in [5, 5.41) is 12.1. The van der Waals surface area contributed by atoms with Gasteiger partial charge in [-0.05, 0) is 62.1 Å². The molecule has 2 aromatic heterocycles. The van der Waals surface area contributed by atoms with Gasteiger partial charge in [0.15, 0.2) is 11.7 Å². The van der Waals surface area contributed by atoms with Crippen molar-refractivity contribution in [3.8, 4) is 0 Å². The van der Waals surface area contributed by atoms with Gasteiger partial charge in [-0.15, -0.1) is 0 Å². The van der Waals surface area contributed by atoms with Gasteiger partial charge in [0, 0.05) is 98.4 Å². The van der Waals surface area contributed by atoms with Crippen molar-refractivity contribution in [1.82, 2.24) is 36.2 Å². The van der Waals surface area contributed by atoms with Crippen LogP contribution in [0.1, 0.15) is 107 Å². The Bertz CT molecular complexity index is 2410. The van der Waals surface area contributed by atoms with Gasteiger partial charge in [-0.1, -0.05) is 74.7 Å². The largest absolute Gasteiger partial charge is 0.370 e. The zero-order chi connectivity index (χ0) is 50.4. The number of ketones is 3. The standard InChI is InChI=1S/C51H69N11O8/c1-2-3-4-8-17-47(67)60-40-18-19-46(66)56-22-20-34(44(64)27-35(48(52)68)24-36-29-58-39-16-10-9-15-38(36)39)25-43(63)33(14-11-21-57-51(53)54)26-45(65)41(23-32-12-6-5-7-13-32)61-50(70)42(62-49(40)69)28-37-30-55-31-59-37/h5-7,9-10,12-13,15-16,29-31,33-35,40-42,58H,2-4,8,11,14,17-28H2,1H3,(H2,52,68)(H,55,59)(H,56,66)(H,60,67)(H,61,70)(H,62,69)(H4,53,54,57)/t33-,34-,35-,40+,41-,42+/m1/s1. The lowest BCUT2D eigenvalue weighted by molar-refractivity contribution is -0.135. The topological polar surface area (TPSA) is 320 Å². The molecular weight excluding hydrogens is 895 g/mol. The molecule has 4 aromatic rings. The van der Waals surface area contributed by atoms with Crippen LogP contribution >= 0.6 is 0 Å². The van der Waals surface area contributed by atoms with Crippen LogP contribution < -0.4 is 38.5 Å². The quantitative estimate of drug-likeness (QED) is 0.0352. The molecule has 12 N–H and O–H groups in total. The Kier molecular flexibility index (Phi) is 21.3. The zero-order valence-electron chi connectivity index (χ0n) is 40.0. The fourth-order valence-corrected chi connectivity index (χ4v) is 8.81. The summed E-state index contributed by atoms with van der Waals surface area (Å²) in [6.07, 6.45) is 7.46. The van der Waals surface area contributed by atoms with Crippen LogP contribution in [0.2, 0.25) is 0 Å². The van der Waals surface area contributed by atoms with Crippen LogP contribution in [0.5, 0.6) is 0 Å². The van der Waals surface area contributed by atoms with Crippen molar-refractivity contribution in [3.63, 3.8) is 0 Å². The van der Waals surface area contributed by atoms with E-state index in [1.165, 1.54) is 12.5 Å². The van der Waals surface area contributed by atoms with Crippen LogP contribution in [0, 0.1) is 17.8 Å². The number of fused-ring (bicyclic) bond motifs is 1. The Balaban J connectivity index is 1.49. The predicted octanol–water partition coefficient (Wildman–Crippen LogP) is 2.91. The molecule has 5 rings (SSSR count). The van der Waals surface area contributed by atoms with E-state index in [1.807, 2.05) is 30.3 Å². The van der Waals surface area contributed by atoms with Crippen LogP contribution in [0.3, 0.4) is 0 Å². The number of H-pyrrole nitrogens is 2. The van der Waals surface area contributed by atoms with Crippen molar-refractivity contribution in [3.05, 3.63) is 90.1 Å². The third-order valence-corrected chi connectivity index (χ3v) is 12.8. The number of aliphatic imine (C=N–C) groups is 1. The van der Waals surface area contributed by atoms with E-state index in [0.717, 1.165) is 35.7 Å². The molecule has 0 bridgehead atoms. The Hall–Kier alpha value is -7.18. The minimum atomic E-state index is -1.28. The van der Waals surface area contributed by atoms with E-state index in [9.17, 15) is 38.4 Å². The number of primary amides is 1. The van der Waals surface area contributed by atoms with Crippen molar-refractivity contribution in [2.75, 3.05) is 13.1 Å². The molecule has 5 amide bonds. The lowest BCUT2D eigenvalue weighted by atomic mass is 9.81. The second-order valence-electron chi connectivity index (χ2n) is 18.2. The van der Waals surface area contributed by atoms with Crippen molar-refractivity contribution >= 4 is 63.7 Å². The molecule has 6 atom stereocenters. The number of nitrogens with two attached hydrogens (primary N) is 3. The highest BCUT2D eigenvalue weighted by atomic mass is 16.2. The number of para-hydroxylation sites is 1. The number of rotatable bonds is 20. The van der Waals surface area contributed by atoms with E-state index in [2.05, 4.69) is 48.1 Å². The number of benzene rings is 2. The SMILES string of the molecule is CCCCCCC(=O)N[C@H]1CCC(=O)NCC[C@@H](C(=O)C[C@@H](Cc2c[nH]c3ccccc23)C(N)=O)CC(=O)[C@H](CCCN=C(N)N)CC(=O)[C@@H](Cc2ccccc2)NC(=O)[C@H](Cc2cnc[nH]2)NC1=O. The molecule has 3 heterocycles. The maximum absolute atomic E-state index is 14.7. The third kappa shape index (κ3) is 17.4. The van der Waals surface area contributed by atoms with E-state index in [-0.39, 0.29) is 89.7 Å². The van der Waals surface area contributed by atoms with Crippen LogP contribution in [-0.4, -0.2) is 99.0 Å². The molecule has 70 heavy (non-hydrogen) atoms. The molecule has 1 aliphatic heterocycles. The molecule has 376 valence electrons. The number of Topliss-reactive ketones (excluding diaryl/α,β-unsaturated/α-hetero) is 3. The van der Waals surface area contributed by atoms with Gasteiger partial charge in [0.1, 0.15) is 23.7 Å². The fourth-order valence-electron chi connectivity index (χ4n) is 8.81. The molecule has 0 spiro atoms. The first-order valence-corrected chi connectivity index (χ1v) is 24.4. The lowest BCUT2D eigenvalue weighted by Gasteiger charge is -2.26. The Morgan fingerprint density at radius 1 is 0.829 bits per heavy atom. The average molecular weight is 964 g/mol. The molecule has 0 saturated carbocycles. The second-order valence-corrected chi connectivity index (χ2v) is 18.2. The molecule has 1 saturated heterocycles. The summed E-state index contributed by atoms with van der Waals surface area (Å²) >= 11 is 0. The minimum absolute atomic E-state index is 0.00390. The number of nitrogens with one attached hydrogen (secondary N) is 6. The number of unbranched alkanes of at least 4 members (excludes halogenated alkanes) is 3. The molecule has 1 fully saturated rings. The van der Waals surface area contributed by atoms with E-state index in [0.29, 0.717) is 24.1 Å². The smallest absolute Gasteiger partial charge is 0.243 e. The highest BCUT2D eigenvalue weighted by Crippen LogP contribution is 2.27. The monoisotopic (exact) mass is 964 g/mol. The van der Waals surface area contributed by atoms with E-state index in [1.54, 1.807) is 30.5 Å². The van der Waals surface area contributed by atoms with Gasteiger partial charge in [0.25, 0.3) is 0 Å². The number of nitrogens with zero attached hydrogens (tertiary/aromatic N) is 2. The number of carbonyl (C=O) groups is 8. The first-order valence-electron chi connectivity index (χ1n) is 24.4. The average Bonchev–Trinajstić information content (AvgIpc) is 4.01. The molecule has 0 unspecified atom stereocenters. The molecule has 0 aliphatic carbocycles. The van der Waals surface area contributed by atoms with E-state index < -0.39 is 82.8 Å². The van der Waals surface area contributed by atoms with Crippen molar-refractivity contribution in [2.45, 2.75) is 128 Å². The van der Waals surface area contributed by atoms with Crippen molar-refractivity contribution in [2.24, 2.45) is 39.9 Å². The summed E-state index contributed by atoms with van der Waals surface area (Å²) < 4.78 is 0. The summed E-state index contributed by atoms with van der Waals surface area (Å²) in [7, 11) is 0. The summed E-state index contributed by atoms with van der Waals surface area (Å²) in [6.45, 7) is 2.15. The fraction of sp³-hybridized carbons (Fsp3) is 0.490. The zero-order valence-corrected chi connectivity index (χ0v) is 40.0. The molecule has 19 heteroatoms. The number of hydrogen-bond acceptors (Lipinski definition) is 10. The minimum Gasteiger partial charge on any atom is -0.370 e. The molecule has 19 nitrogen and oxygen atoms in total. The number of amides is 5. The maximum Gasteiger partial charge on any atom is 0.243 e. The Morgan fingerprint density at radius 3 is 2.31 bits per heavy atom. The molecule has 0 radical (unpaired) electrons. The number of aromatic nitrogens is 3. The van der Waals surface area contributed by atoms with Gasteiger partial charge in [-0.2, -0.15) is 0 Å². The van der Waals surface area contributed by atoms with Crippen LogP contribution in [0.15, 0.2) is 78.3 Å². The number of guanidine groups is 1. The van der Waals surface area contributed by atoms with Crippen LogP contribution in [-0.2, 0) is 57.6 Å². The number of imidazole rings is 1. The number of carbonyl (C=O) groups excluding carboxylic acids is 8.